The van der Waals surface area contributed by atoms with E-state index in [1.54, 1.807) is 23.7 Å². The summed E-state index contributed by atoms with van der Waals surface area (Å²) in [4.78, 5) is 8.04. The van der Waals surface area contributed by atoms with Crippen LogP contribution in [-0.4, -0.2) is 24.7 Å². The number of hydrogen-bond donors (Lipinski definition) is 1. The first kappa shape index (κ1) is 16.9. The van der Waals surface area contributed by atoms with Crippen molar-refractivity contribution in [3.8, 4) is 11.5 Å². The fraction of sp³-hybridized carbons (Fsp3) is 0.250. The van der Waals surface area contributed by atoms with Gasteiger partial charge in [0.2, 0.25) is 0 Å². The third kappa shape index (κ3) is 3.59. The summed E-state index contributed by atoms with van der Waals surface area (Å²) in [5.41, 5.74) is 5.99. The van der Waals surface area contributed by atoms with Crippen molar-refractivity contribution >= 4 is 5.69 Å². The topological polar surface area (TPSA) is 82.5 Å². The van der Waals surface area contributed by atoms with Crippen molar-refractivity contribution in [2.75, 3.05) is 5.73 Å². The molecule has 0 aliphatic rings. The highest BCUT2D eigenvalue weighted by Gasteiger charge is 2.33. The first-order chi connectivity index (χ1) is 11.9. The van der Waals surface area contributed by atoms with E-state index in [2.05, 4.69) is 20.2 Å². The summed E-state index contributed by atoms with van der Waals surface area (Å²) in [6, 6.07) is 5.71. The van der Waals surface area contributed by atoms with Crippen LogP contribution in [0.15, 0.2) is 36.7 Å². The Morgan fingerprint density at radius 2 is 1.88 bits per heavy atom. The van der Waals surface area contributed by atoms with E-state index in [1.165, 1.54) is 18.5 Å². The first-order valence-corrected chi connectivity index (χ1v) is 7.47. The van der Waals surface area contributed by atoms with Crippen molar-refractivity contribution in [3.05, 3.63) is 53.7 Å². The second-order valence-corrected chi connectivity index (χ2v) is 5.47. The first-order valence-electron chi connectivity index (χ1n) is 7.47. The maximum Gasteiger partial charge on any atom is 0.418 e. The fourth-order valence-corrected chi connectivity index (χ4v) is 2.47. The minimum Gasteiger partial charge on any atom is -0.397 e. The zero-order chi connectivity index (χ0) is 18.0. The molecule has 0 spiro atoms. The van der Waals surface area contributed by atoms with Gasteiger partial charge < -0.3 is 10.3 Å². The number of hydrogen-bond acceptors (Lipinski definition) is 5. The van der Waals surface area contributed by atoms with Crippen LogP contribution >= 0.6 is 0 Å². The van der Waals surface area contributed by atoms with Gasteiger partial charge in [0.1, 0.15) is 11.5 Å². The van der Waals surface area contributed by atoms with E-state index < -0.39 is 11.7 Å². The second-order valence-electron chi connectivity index (χ2n) is 5.47. The van der Waals surface area contributed by atoms with Crippen LogP contribution < -0.4 is 5.73 Å². The number of pyridine rings is 2. The highest BCUT2D eigenvalue weighted by molar-refractivity contribution is 5.52. The lowest BCUT2D eigenvalue weighted by molar-refractivity contribution is -0.138. The SMILES string of the molecule is Cn1c(CCc2ncccc2C(F)(F)F)nnc1-c1ccc(N)cn1. The van der Waals surface area contributed by atoms with E-state index in [1.807, 2.05) is 0 Å². The monoisotopic (exact) mass is 348 g/mol. The van der Waals surface area contributed by atoms with Crippen LogP contribution in [0.3, 0.4) is 0 Å². The number of aromatic nitrogens is 5. The van der Waals surface area contributed by atoms with Gasteiger partial charge in [0.15, 0.2) is 5.82 Å². The molecule has 0 bridgehead atoms. The summed E-state index contributed by atoms with van der Waals surface area (Å²) in [5, 5.41) is 8.12. The number of nitrogen functional groups attached to an aromatic ring is 1. The molecule has 3 heterocycles. The minimum absolute atomic E-state index is 0.00911. The second kappa shape index (κ2) is 6.50. The number of anilines is 1. The highest BCUT2D eigenvalue weighted by Crippen LogP contribution is 2.31. The molecule has 0 fully saturated rings. The van der Waals surface area contributed by atoms with Gasteiger partial charge in [0.05, 0.1) is 23.1 Å². The Bertz CT molecular complexity index is 870. The Hall–Kier alpha value is -2.97. The van der Waals surface area contributed by atoms with E-state index in [9.17, 15) is 13.2 Å². The molecule has 130 valence electrons. The van der Waals surface area contributed by atoms with Gasteiger partial charge >= 0.3 is 6.18 Å². The number of aryl methyl sites for hydroxylation is 2. The van der Waals surface area contributed by atoms with Gasteiger partial charge in [-0.3, -0.25) is 9.97 Å². The van der Waals surface area contributed by atoms with Gasteiger partial charge in [0.25, 0.3) is 0 Å². The van der Waals surface area contributed by atoms with Crippen LogP contribution in [0.5, 0.6) is 0 Å². The molecule has 0 aliphatic heterocycles. The van der Waals surface area contributed by atoms with Crippen LogP contribution in [0.2, 0.25) is 0 Å². The van der Waals surface area contributed by atoms with Gasteiger partial charge in [-0.2, -0.15) is 13.2 Å². The molecule has 2 N–H and O–H groups in total. The van der Waals surface area contributed by atoms with Gasteiger partial charge in [0, 0.05) is 19.7 Å². The van der Waals surface area contributed by atoms with Crippen molar-refractivity contribution in [1.29, 1.82) is 0 Å². The average molecular weight is 348 g/mol. The number of nitrogens with zero attached hydrogens (tertiary/aromatic N) is 5. The van der Waals surface area contributed by atoms with Gasteiger partial charge in [-0.25, -0.2) is 0 Å². The molecule has 0 atom stereocenters. The van der Waals surface area contributed by atoms with E-state index >= 15 is 0 Å². The molecule has 9 heteroatoms. The third-order valence-electron chi connectivity index (χ3n) is 3.76. The molecule has 0 saturated heterocycles. The van der Waals surface area contributed by atoms with Gasteiger partial charge in [-0.15, -0.1) is 10.2 Å². The van der Waals surface area contributed by atoms with Crippen LogP contribution in [0.4, 0.5) is 18.9 Å². The van der Waals surface area contributed by atoms with Crippen molar-refractivity contribution in [1.82, 2.24) is 24.7 Å². The number of nitrogens with two attached hydrogens (primary N) is 1. The maximum atomic E-state index is 13.0. The zero-order valence-electron chi connectivity index (χ0n) is 13.3. The zero-order valence-corrected chi connectivity index (χ0v) is 13.3. The summed E-state index contributed by atoms with van der Waals surface area (Å²) in [5.74, 6) is 1.07. The lowest BCUT2D eigenvalue weighted by atomic mass is 10.1. The largest absolute Gasteiger partial charge is 0.418 e. The Labute approximate surface area is 141 Å². The molecule has 0 amide bonds. The van der Waals surface area contributed by atoms with E-state index in [0.29, 0.717) is 23.0 Å². The molecule has 6 nitrogen and oxygen atoms in total. The summed E-state index contributed by atoms with van der Waals surface area (Å²) < 4.78 is 40.8. The standard InChI is InChI=1S/C16H15F3N6/c1-25-14(23-24-15(25)13-5-4-10(20)9-22-13)7-6-12-11(16(17,18)19)3-2-8-21-12/h2-5,8-9H,6-7,20H2,1H3. The number of alkyl halides is 3. The molecule has 0 aliphatic carbocycles. The molecule has 3 aromatic rings. The molecule has 0 saturated carbocycles. The summed E-state index contributed by atoms with van der Waals surface area (Å²) in [6.45, 7) is 0. The van der Waals surface area contributed by atoms with Crippen LogP contribution in [0, 0.1) is 0 Å². The minimum atomic E-state index is -4.43. The fourth-order valence-electron chi connectivity index (χ4n) is 2.47. The smallest absolute Gasteiger partial charge is 0.397 e. The predicted octanol–water partition coefficient (Wildman–Crippen LogP) is 2.66. The van der Waals surface area contributed by atoms with Crippen molar-refractivity contribution < 1.29 is 13.2 Å². The van der Waals surface area contributed by atoms with Gasteiger partial charge in [-0.05, 0) is 30.7 Å². The highest BCUT2D eigenvalue weighted by atomic mass is 19.4. The normalized spacial score (nSPS) is 11.7. The van der Waals surface area contributed by atoms with Crippen LogP contribution in [-0.2, 0) is 26.1 Å². The van der Waals surface area contributed by atoms with Crippen LogP contribution in [0.1, 0.15) is 17.1 Å². The summed E-state index contributed by atoms with van der Waals surface area (Å²) in [6.07, 6.45) is -1.18. The molecule has 0 unspecified atom stereocenters. The van der Waals surface area contributed by atoms with Crippen molar-refractivity contribution in [2.45, 2.75) is 19.0 Å². The predicted molar refractivity (Wildman–Crippen MR) is 85.3 cm³/mol. The molecular weight excluding hydrogens is 333 g/mol. The Balaban J connectivity index is 1.81. The Morgan fingerprint density at radius 1 is 1.08 bits per heavy atom. The summed E-state index contributed by atoms with van der Waals surface area (Å²) >= 11 is 0. The molecule has 3 aromatic heterocycles. The molecule has 0 aromatic carbocycles. The lowest BCUT2D eigenvalue weighted by Gasteiger charge is -2.11. The molecule has 3 rings (SSSR count). The van der Waals surface area contributed by atoms with Crippen molar-refractivity contribution in [2.24, 2.45) is 7.05 Å². The number of halogens is 3. The maximum absolute atomic E-state index is 13.0. The van der Waals surface area contributed by atoms with Crippen molar-refractivity contribution in [3.63, 3.8) is 0 Å². The molecule has 0 radical (unpaired) electrons. The third-order valence-corrected chi connectivity index (χ3v) is 3.76. The average Bonchev–Trinajstić information content (AvgIpc) is 2.94. The van der Waals surface area contributed by atoms with E-state index in [4.69, 9.17) is 5.73 Å². The molecule has 25 heavy (non-hydrogen) atoms. The summed E-state index contributed by atoms with van der Waals surface area (Å²) in [7, 11) is 1.74. The molecular formula is C16H15F3N6. The Kier molecular flexibility index (Phi) is 4.39. The Morgan fingerprint density at radius 3 is 2.56 bits per heavy atom. The lowest BCUT2D eigenvalue weighted by Crippen LogP contribution is -2.12. The van der Waals surface area contributed by atoms with E-state index in [-0.39, 0.29) is 18.5 Å². The van der Waals surface area contributed by atoms with Gasteiger partial charge in [-0.1, -0.05) is 0 Å². The number of rotatable bonds is 4. The quantitative estimate of drug-likeness (QED) is 0.784. The van der Waals surface area contributed by atoms with E-state index in [0.717, 1.165) is 6.07 Å². The van der Waals surface area contributed by atoms with Crippen LogP contribution in [0.25, 0.3) is 11.5 Å².